The minimum absolute atomic E-state index is 0.0833. The van der Waals surface area contributed by atoms with Gasteiger partial charge in [-0.05, 0) is 37.1 Å². The van der Waals surface area contributed by atoms with Crippen molar-refractivity contribution in [2.75, 3.05) is 24.6 Å². The molecule has 2 atom stereocenters. The average Bonchev–Trinajstić information content (AvgIpc) is 3.32. The van der Waals surface area contributed by atoms with Crippen LogP contribution in [0.15, 0.2) is 17.8 Å². The fourth-order valence-electron chi connectivity index (χ4n) is 3.44. The Labute approximate surface area is 138 Å². The molecule has 2 aliphatic heterocycles. The highest BCUT2D eigenvalue weighted by Crippen LogP contribution is 2.31. The van der Waals surface area contributed by atoms with Gasteiger partial charge < -0.3 is 15.0 Å². The predicted molar refractivity (Wildman–Crippen MR) is 89.8 cm³/mol. The maximum Gasteiger partial charge on any atom is 0.242 e. The lowest BCUT2D eigenvalue weighted by Gasteiger charge is -2.25. The molecule has 4 heterocycles. The van der Waals surface area contributed by atoms with Crippen LogP contribution >= 0.6 is 11.3 Å². The van der Waals surface area contributed by atoms with Gasteiger partial charge in [-0.3, -0.25) is 4.79 Å². The molecule has 4 rings (SSSR count). The van der Waals surface area contributed by atoms with E-state index in [2.05, 4.69) is 20.2 Å². The molecule has 6 nitrogen and oxygen atoms in total. The van der Waals surface area contributed by atoms with Gasteiger partial charge in [0.05, 0.1) is 11.5 Å². The van der Waals surface area contributed by atoms with Crippen LogP contribution in [-0.2, 0) is 9.53 Å². The van der Waals surface area contributed by atoms with E-state index in [0.29, 0.717) is 6.54 Å². The van der Waals surface area contributed by atoms with Gasteiger partial charge in [-0.2, -0.15) is 0 Å². The fraction of sp³-hybridized carbons (Fsp3) is 0.562. The Morgan fingerprint density at radius 2 is 2.35 bits per heavy atom. The van der Waals surface area contributed by atoms with Gasteiger partial charge in [0, 0.05) is 19.7 Å². The zero-order valence-electron chi connectivity index (χ0n) is 12.9. The van der Waals surface area contributed by atoms with Crippen LogP contribution in [0.5, 0.6) is 0 Å². The third-order valence-electron chi connectivity index (χ3n) is 4.60. The molecule has 23 heavy (non-hydrogen) atoms. The first-order valence-electron chi connectivity index (χ1n) is 8.17. The molecular weight excluding hydrogens is 312 g/mol. The topological polar surface area (TPSA) is 67.3 Å². The molecule has 7 heteroatoms. The summed E-state index contributed by atoms with van der Waals surface area (Å²) in [6.45, 7) is 2.29. The number of nitrogens with zero attached hydrogens (tertiary/aromatic N) is 3. The predicted octanol–water partition coefficient (Wildman–Crippen LogP) is 1.96. The number of amides is 1. The number of carbonyl (C=O) groups is 1. The highest BCUT2D eigenvalue weighted by Gasteiger charge is 2.33. The van der Waals surface area contributed by atoms with Crippen LogP contribution in [-0.4, -0.2) is 47.7 Å². The van der Waals surface area contributed by atoms with E-state index in [9.17, 15) is 4.79 Å². The highest BCUT2D eigenvalue weighted by molar-refractivity contribution is 7.16. The molecule has 1 amide bonds. The molecule has 0 aliphatic carbocycles. The molecule has 0 bridgehead atoms. The summed E-state index contributed by atoms with van der Waals surface area (Å²) in [5.41, 5.74) is 0. The second-order valence-corrected chi connectivity index (χ2v) is 6.96. The number of ether oxygens (including phenoxy) is 1. The van der Waals surface area contributed by atoms with Crippen LogP contribution in [0.25, 0.3) is 10.2 Å². The Hall–Kier alpha value is -1.73. The minimum atomic E-state index is -0.144. The lowest BCUT2D eigenvalue weighted by atomic mass is 10.2. The van der Waals surface area contributed by atoms with Crippen LogP contribution in [0.2, 0.25) is 0 Å². The monoisotopic (exact) mass is 332 g/mol. The molecule has 2 aromatic rings. The summed E-state index contributed by atoms with van der Waals surface area (Å²) < 4.78 is 5.58. The Bertz CT molecular complexity index is 698. The van der Waals surface area contributed by atoms with E-state index < -0.39 is 0 Å². The molecule has 2 fully saturated rings. The number of hydrogen-bond donors (Lipinski definition) is 1. The van der Waals surface area contributed by atoms with Gasteiger partial charge in [-0.15, -0.1) is 11.3 Å². The van der Waals surface area contributed by atoms with Gasteiger partial charge in [0.15, 0.2) is 0 Å². The summed E-state index contributed by atoms with van der Waals surface area (Å²) >= 11 is 1.60. The van der Waals surface area contributed by atoms with E-state index in [0.717, 1.165) is 54.9 Å². The summed E-state index contributed by atoms with van der Waals surface area (Å²) in [6, 6.07) is 1.89. The van der Waals surface area contributed by atoms with Crippen molar-refractivity contribution in [3.63, 3.8) is 0 Å². The molecule has 2 saturated heterocycles. The molecule has 0 aromatic carbocycles. The largest absolute Gasteiger partial charge is 0.376 e. The molecule has 0 unspecified atom stereocenters. The fourth-order valence-corrected chi connectivity index (χ4v) is 4.16. The number of nitrogens with one attached hydrogen (secondary N) is 1. The van der Waals surface area contributed by atoms with E-state index in [1.807, 2.05) is 11.4 Å². The van der Waals surface area contributed by atoms with E-state index in [4.69, 9.17) is 4.74 Å². The van der Waals surface area contributed by atoms with Crippen molar-refractivity contribution in [3.05, 3.63) is 17.8 Å². The van der Waals surface area contributed by atoms with Crippen LogP contribution in [0.3, 0.4) is 0 Å². The van der Waals surface area contributed by atoms with Gasteiger partial charge in [-0.25, -0.2) is 9.97 Å². The third kappa shape index (κ3) is 2.90. The lowest BCUT2D eigenvalue weighted by Crippen LogP contribution is -2.45. The van der Waals surface area contributed by atoms with E-state index in [1.165, 1.54) is 0 Å². The molecule has 0 saturated carbocycles. The van der Waals surface area contributed by atoms with E-state index in [-0.39, 0.29) is 18.1 Å². The number of hydrogen-bond acceptors (Lipinski definition) is 6. The lowest BCUT2D eigenvalue weighted by molar-refractivity contribution is -0.122. The van der Waals surface area contributed by atoms with Crippen LogP contribution < -0.4 is 10.2 Å². The maximum atomic E-state index is 12.6. The quantitative estimate of drug-likeness (QED) is 0.927. The van der Waals surface area contributed by atoms with Crippen molar-refractivity contribution in [2.45, 2.75) is 37.8 Å². The van der Waals surface area contributed by atoms with Crippen LogP contribution in [0, 0.1) is 0 Å². The molecule has 2 aliphatic rings. The number of carbonyl (C=O) groups excluding carboxylic acids is 1. The second-order valence-electron chi connectivity index (χ2n) is 6.07. The Balaban J connectivity index is 1.49. The molecule has 0 spiro atoms. The SMILES string of the molecule is O=C(NC[C@@H]1CCCO1)[C@@H]1CCCN1c1ncnc2sccc12. The Morgan fingerprint density at radius 3 is 3.22 bits per heavy atom. The Morgan fingerprint density at radius 1 is 1.39 bits per heavy atom. The first-order chi connectivity index (χ1) is 11.3. The summed E-state index contributed by atoms with van der Waals surface area (Å²) in [6.07, 6.45) is 5.77. The van der Waals surface area contributed by atoms with Crippen molar-refractivity contribution >= 4 is 33.3 Å². The van der Waals surface area contributed by atoms with Crippen molar-refractivity contribution in [2.24, 2.45) is 0 Å². The van der Waals surface area contributed by atoms with E-state index >= 15 is 0 Å². The van der Waals surface area contributed by atoms with Crippen molar-refractivity contribution in [1.82, 2.24) is 15.3 Å². The molecule has 2 aromatic heterocycles. The number of rotatable bonds is 4. The van der Waals surface area contributed by atoms with Gasteiger partial charge in [-0.1, -0.05) is 0 Å². The number of fused-ring (bicyclic) bond motifs is 1. The first kappa shape index (κ1) is 14.8. The van der Waals surface area contributed by atoms with Gasteiger partial charge in [0.25, 0.3) is 0 Å². The number of thiophene rings is 1. The van der Waals surface area contributed by atoms with Gasteiger partial charge in [0.1, 0.15) is 23.0 Å². The molecular formula is C16H20N4O2S. The maximum absolute atomic E-state index is 12.6. The van der Waals surface area contributed by atoms with Gasteiger partial charge >= 0.3 is 0 Å². The summed E-state index contributed by atoms with van der Waals surface area (Å²) in [4.78, 5) is 24.5. The molecule has 1 N–H and O–H groups in total. The molecule has 0 radical (unpaired) electrons. The first-order valence-corrected chi connectivity index (χ1v) is 9.05. The summed E-state index contributed by atoms with van der Waals surface area (Å²) in [5.74, 6) is 0.964. The molecule has 122 valence electrons. The van der Waals surface area contributed by atoms with Crippen molar-refractivity contribution < 1.29 is 9.53 Å². The van der Waals surface area contributed by atoms with Crippen LogP contribution in [0.4, 0.5) is 5.82 Å². The second kappa shape index (κ2) is 6.41. The Kier molecular flexibility index (Phi) is 4.13. The number of aromatic nitrogens is 2. The van der Waals surface area contributed by atoms with Crippen molar-refractivity contribution in [1.29, 1.82) is 0 Å². The van der Waals surface area contributed by atoms with E-state index in [1.54, 1.807) is 17.7 Å². The third-order valence-corrected chi connectivity index (χ3v) is 5.42. The summed E-state index contributed by atoms with van der Waals surface area (Å²) in [7, 11) is 0. The van der Waals surface area contributed by atoms with Gasteiger partial charge in [0.2, 0.25) is 5.91 Å². The normalized spacial score (nSPS) is 24.4. The summed E-state index contributed by atoms with van der Waals surface area (Å²) in [5, 5.41) is 6.12. The standard InChI is InChI=1S/C16H20N4O2S/c21-15(17-9-11-3-2-7-22-11)13-4-1-6-20(13)14-12-5-8-23-16(12)19-10-18-14/h5,8,10-11,13H,1-4,6-7,9H2,(H,17,21)/t11-,13-/m0/s1. The van der Waals surface area contributed by atoms with Crippen LogP contribution in [0.1, 0.15) is 25.7 Å². The zero-order valence-corrected chi connectivity index (χ0v) is 13.7. The highest BCUT2D eigenvalue weighted by atomic mass is 32.1. The number of anilines is 1. The average molecular weight is 332 g/mol. The van der Waals surface area contributed by atoms with Crippen molar-refractivity contribution in [3.8, 4) is 0 Å². The minimum Gasteiger partial charge on any atom is -0.376 e. The zero-order chi connectivity index (χ0) is 15.6. The smallest absolute Gasteiger partial charge is 0.242 e.